The summed E-state index contributed by atoms with van der Waals surface area (Å²) in [6.45, 7) is 6.76. The highest BCUT2D eigenvalue weighted by Gasteiger charge is 2.43. The van der Waals surface area contributed by atoms with E-state index < -0.39 is 0 Å². The number of carbonyl (C=O) groups excluding carboxylic acids is 1. The van der Waals surface area contributed by atoms with Crippen molar-refractivity contribution >= 4 is 5.91 Å². The zero-order valence-corrected chi connectivity index (χ0v) is 11.9. The maximum Gasteiger partial charge on any atom is 0.227 e. The molecule has 19 heavy (non-hydrogen) atoms. The Labute approximate surface area is 115 Å². The Bertz CT molecular complexity index is 408. The van der Waals surface area contributed by atoms with Gasteiger partial charge in [0.1, 0.15) is 0 Å². The summed E-state index contributed by atoms with van der Waals surface area (Å²) in [5.74, 6) is 0.586. The van der Waals surface area contributed by atoms with Crippen LogP contribution in [-0.4, -0.2) is 25.5 Å². The lowest BCUT2D eigenvalue weighted by Gasteiger charge is -2.31. The standard InChI is InChI=1S/C16H24N2O/c1-13(2)16(9-11-17-12-16)15(19)18-10-8-14-6-4-3-5-7-14/h3-7,13,17H,8-12H2,1-2H3,(H,18,19). The summed E-state index contributed by atoms with van der Waals surface area (Å²) in [5.41, 5.74) is 1.06. The minimum atomic E-state index is -0.212. The van der Waals surface area contributed by atoms with Crippen LogP contribution in [0, 0.1) is 11.3 Å². The summed E-state index contributed by atoms with van der Waals surface area (Å²) in [7, 11) is 0. The minimum absolute atomic E-state index is 0.212. The maximum atomic E-state index is 12.4. The van der Waals surface area contributed by atoms with Gasteiger partial charge < -0.3 is 10.6 Å². The predicted molar refractivity (Wildman–Crippen MR) is 77.9 cm³/mol. The average molecular weight is 260 g/mol. The fourth-order valence-electron chi connectivity index (χ4n) is 2.80. The fourth-order valence-corrected chi connectivity index (χ4v) is 2.80. The Balaban J connectivity index is 1.87. The van der Waals surface area contributed by atoms with E-state index in [0.717, 1.165) is 32.5 Å². The van der Waals surface area contributed by atoms with Crippen molar-refractivity contribution in [3.05, 3.63) is 35.9 Å². The van der Waals surface area contributed by atoms with Gasteiger partial charge in [0.2, 0.25) is 5.91 Å². The van der Waals surface area contributed by atoms with Crippen LogP contribution in [0.3, 0.4) is 0 Å². The van der Waals surface area contributed by atoms with Gasteiger partial charge >= 0.3 is 0 Å². The first-order valence-electron chi connectivity index (χ1n) is 7.18. The number of amides is 1. The van der Waals surface area contributed by atoms with Crippen LogP contribution in [0.1, 0.15) is 25.8 Å². The number of nitrogens with one attached hydrogen (secondary N) is 2. The quantitative estimate of drug-likeness (QED) is 0.850. The van der Waals surface area contributed by atoms with E-state index in [4.69, 9.17) is 0 Å². The molecule has 3 heteroatoms. The molecular formula is C16H24N2O. The van der Waals surface area contributed by atoms with Gasteiger partial charge in [0.05, 0.1) is 5.41 Å². The van der Waals surface area contributed by atoms with E-state index in [1.54, 1.807) is 0 Å². The van der Waals surface area contributed by atoms with E-state index in [1.807, 2.05) is 18.2 Å². The Morgan fingerprint density at radius 2 is 2.11 bits per heavy atom. The first-order valence-corrected chi connectivity index (χ1v) is 7.18. The predicted octanol–water partition coefficient (Wildman–Crippen LogP) is 1.98. The van der Waals surface area contributed by atoms with Gasteiger partial charge in [-0.2, -0.15) is 0 Å². The van der Waals surface area contributed by atoms with Crippen molar-refractivity contribution in [1.82, 2.24) is 10.6 Å². The van der Waals surface area contributed by atoms with Crippen molar-refractivity contribution in [2.75, 3.05) is 19.6 Å². The molecule has 1 aromatic carbocycles. The second-order valence-electron chi connectivity index (χ2n) is 5.73. The van der Waals surface area contributed by atoms with Crippen molar-refractivity contribution in [2.24, 2.45) is 11.3 Å². The van der Waals surface area contributed by atoms with E-state index in [9.17, 15) is 4.79 Å². The van der Waals surface area contributed by atoms with Crippen LogP contribution in [0.5, 0.6) is 0 Å². The van der Waals surface area contributed by atoms with E-state index in [0.29, 0.717) is 5.92 Å². The second kappa shape index (κ2) is 6.20. The van der Waals surface area contributed by atoms with E-state index in [1.165, 1.54) is 5.56 Å². The molecule has 1 aliphatic heterocycles. The highest BCUT2D eigenvalue weighted by Crippen LogP contribution is 2.34. The lowest BCUT2D eigenvalue weighted by molar-refractivity contribution is -0.132. The molecule has 0 radical (unpaired) electrons. The molecule has 0 aromatic heterocycles. The van der Waals surface area contributed by atoms with Gasteiger partial charge in [-0.15, -0.1) is 0 Å². The summed E-state index contributed by atoms with van der Waals surface area (Å²) in [6.07, 6.45) is 1.84. The lowest BCUT2D eigenvalue weighted by Crippen LogP contribution is -2.46. The molecule has 2 rings (SSSR count). The van der Waals surface area contributed by atoms with Gasteiger partial charge in [0.15, 0.2) is 0 Å². The summed E-state index contributed by atoms with van der Waals surface area (Å²) in [4.78, 5) is 12.4. The van der Waals surface area contributed by atoms with Crippen molar-refractivity contribution in [3.63, 3.8) is 0 Å². The number of hydrogen-bond acceptors (Lipinski definition) is 2. The lowest BCUT2D eigenvalue weighted by atomic mass is 9.75. The molecule has 3 nitrogen and oxygen atoms in total. The number of carbonyl (C=O) groups is 1. The smallest absolute Gasteiger partial charge is 0.227 e. The van der Waals surface area contributed by atoms with Crippen molar-refractivity contribution in [3.8, 4) is 0 Å². The molecular weight excluding hydrogens is 236 g/mol. The van der Waals surface area contributed by atoms with Crippen molar-refractivity contribution < 1.29 is 4.79 Å². The SMILES string of the molecule is CC(C)C1(C(=O)NCCc2ccccc2)CCNC1. The van der Waals surface area contributed by atoms with Crippen LogP contribution in [0.15, 0.2) is 30.3 Å². The van der Waals surface area contributed by atoms with Gasteiger partial charge in [0.25, 0.3) is 0 Å². The highest BCUT2D eigenvalue weighted by molar-refractivity contribution is 5.83. The molecule has 1 unspecified atom stereocenters. The molecule has 2 N–H and O–H groups in total. The van der Waals surface area contributed by atoms with Gasteiger partial charge in [-0.3, -0.25) is 4.79 Å². The molecule has 0 saturated carbocycles. The molecule has 1 saturated heterocycles. The van der Waals surface area contributed by atoms with Gasteiger partial charge in [-0.1, -0.05) is 44.2 Å². The topological polar surface area (TPSA) is 41.1 Å². The number of hydrogen-bond donors (Lipinski definition) is 2. The Kier molecular flexibility index (Phi) is 4.59. The molecule has 1 aromatic rings. The zero-order valence-electron chi connectivity index (χ0n) is 11.9. The first kappa shape index (κ1) is 14.1. The van der Waals surface area contributed by atoms with Crippen LogP contribution < -0.4 is 10.6 Å². The van der Waals surface area contributed by atoms with Crippen LogP contribution >= 0.6 is 0 Å². The van der Waals surface area contributed by atoms with E-state index >= 15 is 0 Å². The van der Waals surface area contributed by atoms with Crippen LogP contribution in [-0.2, 0) is 11.2 Å². The third-order valence-electron chi connectivity index (χ3n) is 4.29. The van der Waals surface area contributed by atoms with Crippen LogP contribution in [0.25, 0.3) is 0 Å². The van der Waals surface area contributed by atoms with Crippen molar-refractivity contribution in [1.29, 1.82) is 0 Å². The Morgan fingerprint density at radius 1 is 1.37 bits per heavy atom. The fraction of sp³-hybridized carbons (Fsp3) is 0.562. The van der Waals surface area contributed by atoms with Crippen LogP contribution in [0.4, 0.5) is 0 Å². The average Bonchev–Trinajstić information content (AvgIpc) is 2.90. The van der Waals surface area contributed by atoms with Gasteiger partial charge in [0, 0.05) is 13.1 Å². The Morgan fingerprint density at radius 3 is 2.68 bits per heavy atom. The maximum absolute atomic E-state index is 12.4. The largest absolute Gasteiger partial charge is 0.355 e. The molecule has 0 spiro atoms. The summed E-state index contributed by atoms with van der Waals surface area (Å²) in [5, 5.41) is 6.44. The molecule has 1 fully saturated rings. The second-order valence-corrected chi connectivity index (χ2v) is 5.73. The van der Waals surface area contributed by atoms with Crippen molar-refractivity contribution in [2.45, 2.75) is 26.7 Å². The zero-order chi connectivity index (χ0) is 13.7. The Hall–Kier alpha value is -1.35. The molecule has 1 aliphatic rings. The molecule has 104 valence electrons. The van der Waals surface area contributed by atoms with Gasteiger partial charge in [-0.05, 0) is 30.9 Å². The van der Waals surface area contributed by atoms with E-state index in [-0.39, 0.29) is 11.3 Å². The van der Waals surface area contributed by atoms with E-state index in [2.05, 4.69) is 36.6 Å². The molecule has 0 bridgehead atoms. The summed E-state index contributed by atoms with van der Waals surface area (Å²) >= 11 is 0. The molecule has 0 aliphatic carbocycles. The molecule has 1 amide bonds. The number of benzene rings is 1. The summed E-state index contributed by atoms with van der Waals surface area (Å²) < 4.78 is 0. The first-order chi connectivity index (χ1) is 9.15. The number of rotatable bonds is 5. The highest BCUT2D eigenvalue weighted by atomic mass is 16.2. The summed E-state index contributed by atoms with van der Waals surface area (Å²) in [6, 6.07) is 10.3. The monoisotopic (exact) mass is 260 g/mol. The third kappa shape index (κ3) is 3.16. The van der Waals surface area contributed by atoms with Crippen LogP contribution in [0.2, 0.25) is 0 Å². The third-order valence-corrected chi connectivity index (χ3v) is 4.29. The van der Waals surface area contributed by atoms with Gasteiger partial charge in [-0.25, -0.2) is 0 Å². The minimum Gasteiger partial charge on any atom is -0.355 e. The molecule has 1 atom stereocenters. The molecule has 1 heterocycles. The normalized spacial score (nSPS) is 22.7.